The first-order valence-corrected chi connectivity index (χ1v) is 12.8. The zero-order valence-corrected chi connectivity index (χ0v) is 21.8. The van der Waals surface area contributed by atoms with Crippen LogP contribution >= 0.6 is 23.4 Å². The summed E-state index contributed by atoms with van der Waals surface area (Å²) in [6.45, 7) is 1.98. The first kappa shape index (κ1) is 26.8. The van der Waals surface area contributed by atoms with E-state index in [1.54, 1.807) is 60.7 Å². The molecule has 0 unspecified atom stereocenters. The van der Waals surface area contributed by atoms with Gasteiger partial charge < -0.3 is 14.8 Å². The number of halogens is 1. The van der Waals surface area contributed by atoms with Crippen LogP contribution in [0.5, 0.6) is 11.5 Å². The van der Waals surface area contributed by atoms with Crippen LogP contribution in [0.25, 0.3) is 6.08 Å². The van der Waals surface area contributed by atoms with Gasteiger partial charge in [0, 0.05) is 16.3 Å². The molecule has 0 aliphatic carbocycles. The Morgan fingerprint density at radius 3 is 2.66 bits per heavy atom. The highest BCUT2D eigenvalue weighted by molar-refractivity contribution is 8.18. The molecule has 8 nitrogen and oxygen atoms in total. The molecular weight excluding hydrogens is 526 g/mol. The molecule has 1 heterocycles. The number of anilines is 1. The van der Waals surface area contributed by atoms with Crippen LogP contribution in [0.1, 0.15) is 23.6 Å². The Kier molecular flexibility index (Phi) is 8.69. The van der Waals surface area contributed by atoms with Gasteiger partial charge in [-0.1, -0.05) is 41.9 Å². The molecule has 3 aromatic carbocycles. The number of carbonyl (C=O) groups is 3. The smallest absolute Gasteiger partial charge is 0.294 e. The summed E-state index contributed by atoms with van der Waals surface area (Å²) < 4.78 is 11.6. The topological polar surface area (TPSA) is 109 Å². The summed E-state index contributed by atoms with van der Waals surface area (Å²) >= 11 is 6.69. The number of rotatable bonds is 9. The summed E-state index contributed by atoms with van der Waals surface area (Å²) in [6.07, 6.45) is 1.57. The number of benzene rings is 3. The van der Waals surface area contributed by atoms with Gasteiger partial charge in [-0.3, -0.25) is 19.3 Å². The van der Waals surface area contributed by atoms with Gasteiger partial charge in [0.1, 0.15) is 13.2 Å². The largest absolute Gasteiger partial charge is 0.490 e. The van der Waals surface area contributed by atoms with Crippen molar-refractivity contribution in [3.8, 4) is 17.6 Å². The van der Waals surface area contributed by atoms with Crippen LogP contribution in [0.15, 0.2) is 71.6 Å². The van der Waals surface area contributed by atoms with Crippen molar-refractivity contribution in [2.75, 3.05) is 18.5 Å². The van der Waals surface area contributed by atoms with E-state index in [2.05, 4.69) is 11.4 Å². The standard InChI is InChI=1S/C28H22ClN3O5S/c1-2-36-24-12-18(10-11-23(24)37-17-20-7-4-3-6-19(20)15-30)13-25-27(34)32(28(35)38-25)16-26(33)31-22-9-5-8-21(29)14-22/h3-14H,2,16-17H2,1H3,(H,31,33)/b25-13+. The fraction of sp³-hybridized carbons (Fsp3) is 0.143. The highest BCUT2D eigenvalue weighted by atomic mass is 35.5. The van der Waals surface area contributed by atoms with Crippen LogP contribution in [0.2, 0.25) is 5.02 Å². The van der Waals surface area contributed by atoms with Crippen molar-refractivity contribution in [3.05, 3.63) is 93.3 Å². The number of amides is 3. The number of nitrogens with one attached hydrogen (secondary N) is 1. The quantitative estimate of drug-likeness (QED) is 0.334. The van der Waals surface area contributed by atoms with E-state index in [1.807, 2.05) is 19.1 Å². The lowest BCUT2D eigenvalue weighted by Gasteiger charge is -2.13. The molecule has 192 valence electrons. The minimum absolute atomic E-state index is 0.180. The van der Waals surface area contributed by atoms with E-state index < -0.39 is 23.6 Å². The first-order chi connectivity index (χ1) is 18.4. The maximum atomic E-state index is 12.9. The molecule has 1 N–H and O–H groups in total. The van der Waals surface area contributed by atoms with Crippen LogP contribution in [0.4, 0.5) is 10.5 Å². The van der Waals surface area contributed by atoms with Gasteiger partial charge in [-0.25, -0.2) is 0 Å². The molecule has 0 saturated carbocycles. The van der Waals surface area contributed by atoms with Crippen molar-refractivity contribution in [2.24, 2.45) is 0 Å². The molecule has 4 rings (SSSR count). The Balaban J connectivity index is 1.46. The number of ether oxygens (including phenoxy) is 2. The van der Waals surface area contributed by atoms with E-state index in [4.69, 9.17) is 21.1 Å². The number of nitriles is 1. The van der Waals surface area contributed by atoms with Gasteiger partial charge in [0.15, 0.2) is 11.5 Å². The second kappa shape index (κ2) is 12.3. The minimum Gasteiger partial charge on any atom is -0.490 e. The normalized spacial score (nSPS) is 13.9. The molecule has 0 aromatic heterocycles. The molecule has 0 atom stereocenters. The monoisotopic (exact) mass is 547 g/mol. The molecule has 1 fully saturated rings. The highest BCUT2D eigenvalue weighted by Crippen LogP contribution is 2.35. The Morgan fingerprint density at radius 1 is 1.08 bits per heavy atom. The lowest BCUT2D eigenvalue weighted by Crippen LogP contribution is -2.36. The molecule has 0 bridgehead atoms. The molecule has 3 aromatic rings. The van der Waals surface area contributed by atoms with E-state index in [0.29, 0.717) is 39.9 Å². The number of imide groups is 1. The van der Waals surface area contributed by atoms with Gasteiger partial charge in [0.05, 0.1) is 23.1 Å². The van der Waals surface area contributed by atoms with Crippen LogP contribution in [-0.2, 0) is 16.2 Å². The molecule has 10 heteroatoms. The fourth-order valence-electron chi connectivity index (χ4n) is 3.61. The molecular formula is C28H22ClN3O5S. The van der Waals surface area contributed by atoms with Gasteiger partial charge in [0.25, 0.3) is 11.1 Å². The zero-order valence-electron chi connectivity index (χ0n) is 20.3. The first-order valence-electron chi connectivity index (χ1n) is 11.6. The van der Waals surface area contributed by atoms with E-state index in [-0.39, 0.29) is 11.5 Å². The lowest BCUT2D eigenvalue weighted by atomic mass is 10.1. The van der Waals surface area contributed by atoms with E-state index in [1.165, 1.54) is 0 Å². The third-order valence-corrected chi connectivity index (χ3v) is 6.51. The van der Waals surface area contributed by atoms with E-state index in [9.17, 15) is 19.6 Å². The van der Waals surface area contributed by atoms with Crippen LogP contribution in [0, 0.1) is 11.3 Å². The maximum absolute atomic E-state index is 12.9. The van der Waals surface area contributed by atoms with Gasteiger partial charge >= 0.3 is 0 Å². The van der Waals surface area contributed by atoms with Gasteiger partial charge in [0.2, 0.25) is 5.91 Å². The van der Waals surface area contributed by atoms with Crippen molar-refractivity contribution in [2.45, 2.75) is 13.5 Å². The number of carbonyl (C=O) groups excluding carboxylic acids is 3. The molecule has 0 spiro atoms. The number of nitrogens with zero attached hydrogens (tertiary/aromatic N) is 2. The summed E-state index contributed by atoms with van der Waals surface area (Å²) in [6, 6.07) is 21.0. The molecule has 1 aliphatic rings. The Hall–Kier alpha value is -4.26. The SMILES string of the molecule is CCOc1cc(/C=C2/SC(=O)N(CC(=O)Nc3cccc(Cl)c3)C2=O)ccc1OCc1ccccc1C#N. The lowest BCUT2D eigenvalue weighted by molar-refractivity contribution is -0.127. The van der Waals surface area contributed by atoms with Crippen molar-refractivity contribution < 1.29 is 23.9 Å². The van der Waals surface area contributed by atoms with Crippen molar-refractivity contribution in [1.82, 2.24) is 4.90 Å². The zero-order chi connectivity index (χ0) is 27.1. The minimum atomic E-state index is -0.562. The second-order valence-corrected chi connectivity index (χ2v) is 9.45. The Bertz CT molecular complexity index is 1470. The number of hydrogen-bond donors (Lipinski definition) is 1. The summed E-state index contributed by atoms with van der Waals surface area (Å²) in [7, 11) is 0. The third-order valence-electron chi connectivity index (χ3n) is 5.37. The summed E-state index contributed by atoms with van der Waals surface area (Å²) in [5.74, 6) is -0.153. The average Bonchev–Trinajstić information content (AvgIpc) is 3.15. The number of hydrogen-bond acceptors (Lipinski definition) is 7. The second-order valence-electron chi connectivity index (χ2n) is 8.02. The summed E-state index contributed by atoms with van der Waals surface area (Å²) in [5.41, 5.74) is 2.35. The van der Waals surface area contributed by atoms with Gasteiger partial charge in [-0.2, -0.15) is 5.26 Å². The summed E-state index contributed by atoms with van der Waals surface area (Å²) in [5, 5.41) is 11.8. The fourth-order valence-corrected chi connectivity index (χ4v) is 4.64. The van der Waals surface area contributed by atoms with Crippen LogP contribution in [0.3, 0.4) is 0 Å². The van der Waals surface area contributed by atoms with Crippen molar-refractivity contribution in [3.63, 3.8) is 0 Å². The molecule has 38 heavy (non-hydrogen) atoms. The van der Waals surface area contributed by atoms with E-state index in [0.717, 1.165) is 22.2 Å². The molecule has 1 saturated heterocycles. The molecule has 3 amide bonds. The number of thioether (sulfide) groups is 1. The maximum Gasteiger partial charge on any atom is 0.294 e. The van der Waals surface area contributed by atoms with Crippen LogP contribution in [-0.4, -0.2) is 35.1 Å². The van der Waals surface area contributed by atoms with Gasteiger partial charge in [-0.05, 0) is 66.7 Å². The predicted octanol–water partition coefficient (Wildman–Crippen LogP) is 5.86. The molecule has 0 radical (unpaired) electrons. The van der Waals surface area contributed by atoms with Gasteiger partial charge in [-0.15, -0.1) is 0 Å². The Morgan fingerprint density at radius 2 is 1.89 bits per heavy atom. The average molecular weight is 548 g/mol. The van der Waals surface area contributed by atoms with Crippen molar-refractivity contribution in [1.29, 1.82) is 5.26 Å². The molecule has 1 aliphatic heterocycles. The predicted molar refractivity (Wildman–Crippen MR) is 146 cm³/mol. The van der Waals surface area contributed by atoms with Crippen molar-refractivity contribution >= 4 is 52.2 Å². The Labute approximate surface area is 228 Å². The van der Waals surface area contributed by atoms with Crippen LogP contribution < -0.4 is 14.8 Å². The third kappa shape index (κ3) is 6.54. The van der Waals surface area contributed by atoms with E-state index >= 15 is 0 Å². The highest BCUT2D eigenvalue weighted by Gasteiger charge is 2.36. The summed E-state index contributed by atoms with van der Waals surface area (Å²) in [4.78, 5) is 38.9.